The highest BCUT2D eigenvalue weighted by molar-refractivity contribution is 8.00. The van der Waals surface area contributed by atoms with Crippen molar-refractivity contribution < 1.29 is 19.1 Å². The summed E-state index contributed by atoms with van der Waals surface area (Å²) in [6.07, 6.45) is -1.33. The maximum Gasteiger partial charge on any atom is 0.338 e. The second-order valence-electron chi connectivity index (χ2n) is 9.65. The summed E-state index contributed by atoms with van der Waals surface area (Å²) < 4.78 is 12.6. The number of aliphatic hydroxyl groups excluding tert-OH is 1. The molecule has 0 saturated carbocycles. The Kier molecular flexibility index (Phi) is 7.62. The molecule has 6 heteroatoms. The molecule has 0 aromatic heterocycles. The van der Waals surface area contributed by atoms with Crippen LogP contribution < -0.4 is 10.4 Å². The molecule has 178 valence electrons. The minimum atomic E-state index is -2.69. The van der Waals surface area contributed by atoms with Gasteiger partial charge in [0.05, 0.1) is 10.8 Å². The molecular weight excluding hydrogens is 460 g/mol. The Morgan fingerprint density at radius 1 is 0.912 bits per heavy atom. The largest absolute Gasteiger partial charge is 0.455 e. The molecule has 1 aliphatic heterocycles. The third kappa shape index (κ3) is 5.00. The number of carbonyl (C=O) groups is 1. The molecule has 1 saturated heterocycles. The summed E-state index contributed by atoms with van der Waals surface area (Å²) >= 11 is 1.61. The maximum absolute atomic E-state index is 12.5. The number of rotatable bonds is 7. The van der Waals surface area contributed by atoms with Crippen molar-refractivity contribution in [2.24, 2.45) is 0 Å². The average Bonchev–Trinajstić information content (AvgIpc) is 3.19. The van der Waals surface area contributed by atoms with E-state index < -0.39 is 26.5 Å². The van der Waals surface area contributed by atoms with E-state index in [9.17, 15) is 9.90 Å². The van der Waals surface area contributed by atoms with E-state index in [0.29, 0.717) is 17.9 Å². The molecule has 3 atom stereocenters. The van der Waals surface area contributed by atoms with Gasteiger partial charge in [0, 0.05) is 12.4 Å². The average molecular weight is 493 g/mol. The number of carbonyl (C=O) groups excluding carboxylic acids is 1. The van der Waals surface area contributed by atoms with Crippen LogP contribution in [0.4, 0.5) is 0 Å². The molecule has 1 aliphatic rings. The fraction of sp³-hybridized carbons (Fsp3) is 0.321. The van der Waals surface area contributed by atoms with Gasteiger partial charge < -0.3 is 14.3 Å². The van der Waals surface area contributed by atoms with Gasteiger partial charge in [0.15, 0.2) is 0 Å². The fourth-order valence-electron chi connectivity index (χ4n) is 4.65. The Balaban J connectivity index is 1.55. The quantitative estimate of drug-likeness (QED) is 0.394. The zero-order valence-corrected chi connectivity index (χ0v) is 21.7. The van der Waals surface area contributed by atoms with Crippen molar-refractivity contribution in [2.45, 2.75) is 43.3 Å². The van der Waals surface area contributed by atoms with Crippen LogP contribution in [0.3, 0.4) is 0 Å². The number of benzene rings is 3. The van der Waals surface area contributed by atoms with Crippen LogP contribution in [-0.4, -0.2) is 49.2 Å². The Bertz CT molecular complexity index is 1030. The first-order valence-corrected chi connectivity index (χ1v) is 14.6. The van der Waals surface area contributed by atoms with E-state index in [1.165, 1.54) is 10.4 Å². The lowest BCUT2D eigenvalue weighted by atomic mass is 10.1. The lowest BCUT2D eigenvalue weighted by molar-refractivity contribution is -0.00757. The molecule has 3 aromatic rings. The number of hydrogen-bond acceptors (Lipinski definition) is 5. The predicted molar refractivity (Wildman–Crippen MR) is 141 cm³/mol. The molecule has 3 aromatic carbocycles. The maximum atomic E-state index is 12.5. The standard InChI is InChI=1S/C28H32O4SSi/c1-28(2,3)34(22-15-9-5-10-16-22,23-17-11-6-12-18-23)31-19-25-26(29)24(20-33-25)32-27(30)21-13-7-4-8-14-21/h4-18,24-26,29H,19-20H2,1-3H3/t24-,25-,26+/m0/s1. The van der Waals surface area contributed by atoms with Crippen molar-refractivity contribution in [3.05, 3.63) is 96.6 Å². The number of esters is 1. The summed E-state index contributed by atoms with van der Waals surface area (Å²) in [5.41, 5.74) is 0.492. The van der Waals surface area contributed by atoms with E-state index in [2.05, 4.69) is 69.3 Å². The van der Waals surface area contributed by atoms with Crippen molar-refractivity contribution in [2.75, 3.05) is 12.4 Å². The van der Waals surface area contributed by atoms with Crippen LogP contribution in [0.15, 0.2) is 91.0 Å². The SMILES string of the molecule is CC(C)(C)[Si](OC[C@@H]1SC[C@H](OC(=O)c2ccccc2)[C@H]1O)(c1ccccc1)c1ccccc1. The van der Waals surface area contributed by atoms with E-state index in [-0.39, 0.29) is 10.3 Å². The van der Waals surface area contributed by atoms with Gasteiger partial charge in [0.1, 0.15) is 12.2 Å². The van der Waals surface area contributed by atoms with Crippen molar-refractivity contribution in [3.8, 4) is 0 Å². The highest BCUT2D eigenvalue weighted by Crippen LogP contribution is 2.38. The van der Waals surface area contributed by atoms with Gasteiger partial charge in [0.25, 0.3) is 8.32 Å². The number of hydrogen-bond donors (Lipinski definition) is 1. The minimum Gasteiger partial charge on any atom is -0.455 e. The molecule has 4 nitrogen and oxygen atoms in total. The Morgan fingerprint density at radius 3 is 1.91 bits per heavy atom. The molecule has 34 heavy (non-hydrogen) atoms. The van der Waals surface area contributed by atoms with Gasteiger partial charge in [-0.3, -0.25) is 0 Å². The summed E-state index contributed by atoms with van der Waals surface area (Å²) in [6.45, 7) is 7.10. The Hall–Kier alpha value is -2.38. The van der Waals surface area contributed by atoms with Gasteiger partial charge >= 0.3 is 5.97 Å². The van der Waals surface area contributed by atoms with Crippen molar-refractivity contribution in [1.29, 1.82) is 0 Å². The molecule has 1 fully saturated rings. The third-order valence-electron chi connectivity index (χ3n) is 6.39. The minimum absolute atomic E-state index is 0.136. The van der Waals surface area contributed by atoms with Gasteiger partial charge in [-0.15, -0.1) is 11.8 Å². The Labute approximate surface area is 207 Å². The summed E-state index contributed by atoms with van der Waals surface area (Å²) in [6, 6.07) is 29.9. The Morgan fingerprint density at radius 2 is 1.41 bits per heavy atom. The normalized spacial score (nSPS) is 20.8. The van der Waals surface area contributed by atoms with E-state index >= 15 is 0 Å². The van der Waals surface area contributed by atoms with Crippen molar-refractivity contribution >= 4 is 36.4 Å². The molecule has 0 amide bonds. The first kappa shape index (κ1) is 24.7. The smallest absolute Gasteiger partial charge is 0.338 e. The molecule has 0 spiro atoms. The van der Waals surface area contributed by atoms with Crippen LogP contribution in [0.25, 0.3) is 0 Å². The fourth-order valence-corrected chi connectivity index (χ4v) is 10.6. The number of ether oxygens (including phenoxy) is 1. The molecule has 1 N–H and O–H groups in total. The lowest BCUT2D eigenvalue weighted by Crippen LogP contribution is -2.67. The zero-order chi connectivity index (χ0) is 24.2. The van der Waals surface area contributed by atoms with Gasteiger partial charge in [-0.2, -0.15) is 0 Å². The first-order chi connectivity index (χ1) is 16.3. The second-order valence-corrected chi connectivity index (χ2v) is 15.2. The highest BCUT2D eigenvalue weighted by atomic mass is 32.2. The van der Waals surface area contributed by atoms with Crippen LogP contribution in [-0.2, 0) is 9.16 Å². The molecule has 0 unspecified atom stereocenters. The van der Waals surface area contributed by atoms with E-state index in [1.54, 1.807) is 36.0 Å². The van der Waals surface area contributed by atoms with Crippen LogP contribution in [0.1, 0.15) is 31.1 Å². The number of aliphatic hydroxyl groups is 1. The van der Waals surface area contributed by atoms with E-state index in [4.69, 9.17) is 9.16 Å². The lowest BCUT2D eigenvalue weighted by Gasteiger charge is -2.43. The summed E-state index contributed by atoms with van der Waals surface area (Å²) in [7, 11) is -2.69. The van der Waals surface area contributed by atoms with E-state index in [0.717, 1.165) is 0 Å². The van der Waals surface area contributed by atoms with E-state index in [1.807, 2.05) is 18.2 Å². The molecule has 0 aliphatic carbocycles. The topological polar surface area (TPSA) is 55.8 Å². The van der Waals surface area contributed by atoms with Gasteiger partial charge in [-0.25, -0.2) is 4.79 Å². The molecule has 0 radical (unpaired) electrons. The predicted octanol–water partition coefficient (Wildman–Crippen LogP) is 4.26. The van der Waals surface area contributed by atoms with Gasteiger partial charge in [0.2, 0.25) is 0 Å². The molecular formula is C28H32O4SSi. The summed E-state index contributed by atoms with van der Waals surface area (Å²) in [5, 5.41) is 13.1. The third-order valence-corrected chi connectivity index (χ3v) is 12.8. The molecule has 0 bridgehead atoms. The zero-order valence-electron chi connectivity index (χ0n) is 19.9. The monoisotopic (exact) mass is 492 g/mol. The molecule has 4 rings (SSSR count). The van der Waals surface area contributed by atoms with Crippen LogP contribution in [0.5, 0.6) is 0 Å². The van der Waals surface area contributed by atoms with Gasteiger partial charge in [-0.05, 0) is 27.5 Å². The summed E-state index contributed by atoms with van der Waals surface area (Å²) in [5.74, 6) is 0.146. The summed E-state index contributed by atoms with van der Waals surface area (Å²) in [4.78, 5) is 12.5. The molecule has 1 heterocycles. The van der Waals surface area contributed by atoms with Gasteiger partial charge in [-0.1, -0.05) is 99.6 Å². The highest BCUT2D eigenvalue weighted by Gasteiger charge is 2.51. The van der Waals surface area contributed by atoms with Crippen molar-refractivity contribution in [3.63, 3.8) is 0 Å². The first-order valence-electron chi connectivity index (χ1n) is 11.6. The van der Waals surface area contributed by atoms with Crippen LogP contribution in [0, 0.1) is 0 Å². The second kappa shape index (κ2) is 10.5. The van der Waals surface area contributed by atoms with Crippen molar-refractivity contribution in [1.82, 2.24) is 0 Å². The number of thioether (sulfide) groups is 1. The van der Waals surface area contributed by atoms with Crippen LogP contribution in [0.2, 0.25) is 5.04 Å². The van der Waals surface area contributed by atoms with Crippen LogP contribution >= 0.6 is 11.8 Å².